The Morgan fingerprint density at radius 1 is 0.935 bits per heavy atom. The fraction of sp³-hybridized carbons (Fsp3) is 0.0833. The molecule has 0 saturated heterocycles. The van der Waals surface area contributed by atoms with Crippen molar-refractivity contribution in [3.05, 3.63) is 102 Å². The van der Waals surface area contributed by atoms with Gasteiger partial charge in [0.2, 0.25) is 5.95 Å². The third kappa shape index (κ3) is 4.55. The van der Waals surface area contributed by atoms with Crippen LogP contribution in [0.1, 0.15) is 21.5 Å². The van der Waals surface area contributed by atoms with E-state index in [9.17, 15) is 22.4 Å². The number of fused-ring (bicyclic) bond motifs is 1. The maximum Gasteiger partial charge on any atom is 0.416 e. The zero-order valence-electron chi connectivity index (χ0n) is 16.1. The molecule has 0 fully saturated rings. The standard InChI is InChI=1S/C24H16F4N2O/c25-22-12-15(10-11-29-22)14-30-23(31)18-6-9-21-17(13-18)2-1-3-20(21)16-4-7-19(8-5-16)24(26,27)28/h1-13H,14H2,(H,30,31). The number of pyridine rings is 1. The van der Waals surface area contributed by atoms with Crippen molar-refractivity contribution in [3.63, 3.8) is 0 Å². The number of nitrogens with zero attached hydrogens (tertiary/aromatic N) is 1. The lowest BCUT2D eigenvalue weighted by molar-refractivity contribution is -0.137. The van der Waals surface area contributed by atoms with Crippen LogP contribution in [0.15, 0.2) is 79.0 Å². The molecule has 0 aliphatic rings. The number of carbonyl (C=O) groups excluding carboxylic acids is 1. The lowest BCUT2D eigenvalue weighted by atomic mass is 9.96. The fourth-order valence-electron chi connectivity index (χ4n) is 3.35. The largest absolute Gasteiger partial charge is 0.416 e. The number of halogens is 4. The second-order valence-corrected chi connectivity index (χ2v) is 6.99. The van der Waals surface area contributed by atoms with Gasteiger partial charge in [-0.1, -0.05) is 36.4 Å². The Morgan fingerprint density at radius 2 is 1.71 bits per heavy atom. The number of carbonyl (C=O) groups is 1. The first-order chi connectivity index (χ1) is 14.8. The van der Waals surface area contributed by atoms with E-state index < -0.39 is 17.7 Å². The van der Waals surface area contributed by atoms with Gasteiger partial charge in [-0.2, -0.15) is 17.6 Å². The number of rotatable bonds is 4. The molecule has 1 aromatic heterocycles. The molecule has 1 N–H and O–H groups in total. The highest BCUT2D eigenvalue weighted by Crippen LogP contribution is 2.33. The van der Waals surface area contributed by atoms with Crippen molar-refractivity contribution < 1.29 is 22.4 Å². The number of benzene rings is 3. The molecule has 0 aliphatic carbocycles. The monoisotopic (exact) mass is 424 g/mol. The number of hydrogen-bond acceptors (Lipinski definition) is 2. The third-order valence-electron chi connectivity index (χ3n) is 4.91. The van der Waals surface area contributed by atoms with Gasteiger partial charge in [-0.15, -0.1) is 0 Å². The molecular formula is C24H16F4N2O. The molecule has 31 heavy (non-hydrogen) atoms. The van der Waals surface area contributed by atoms with Gasteiger partial charge in [0.05, 0.1) is 5.56 Å². The van der Waals surface area contributed by atoms with Crippen molar-refractivity contribution in [2.24, 2.45) is 0 Å². The average Bonchev–Trinajstić information content (AvgIpc) is 2.76. The van der Waals surface area contributed by atoms with Gasteiger partial charge in [-0.25, -0.2) is 4.98 Å². The number of nitrogens with one attached hydrogen (secondary N) is 1. The number of aromatic nitrogens is 1. The SMILES string of the molecule is O=C(NCc1ccnc(F)c1)c1ccc2c(-c3ccc(C(F)(F)F)cc3)cccc2c1. The quantitative estimate of drug-likeness (QED) is 0.323. The van der Waals surface area contributed by atoms with E-state index in [1.807, 2.05) is 12.1 Å². The van der Waals surface area contributed by atoms with Crippen LogP contribution < -0.4 is 5.32 Å². The predicted molar refractivity (Wildman–Crippen MR) is 110 cm³/mol. The minimum atomic E-state index is -4.39. The minimum absolute atomic E-state index is 0.155. The molecular weight excluding hydrogens is 408 g/mol. The van der Waals surface area contributed by atoms with Crippen LogP contribution >= 0.6 is 0 Å². The lowest BCUT2D eigenvalue weighted by Crippen LogP contribution is -2.22. The van der Waals surface area contributed by atoms with Crippen molar-refractivity contribution in [2.75, 3.05) is 0 Å². The van der Waals surface area contributed by atoms with Crippen LogP contribution in [0.3, 0.4) is 0 Å². The molecule has 1 heterocycles. The van der Waals surface area contributed by atoms with Crippen LogP contribution in [-0.4, -0.2) is 10.9 Å². The molecule has 0 bridgehead atoms. The van der Waals surface area contributed by atoms with Crippen LogP contribution in [0.2, 0.25) is 0 Å². The average molecular weight is 424 g/mol. The Hall–Kier alpha value is -3.74. The van der Waals surface area contributed by atoms with E-state index in [0.29, 0.717) is 16.7 Å². The molecule has 7 heteroatoms. The van der Waals surface area contributed by atoms with Crippen LogP contribution in [0.25, 0.3) is 21.9 Å². The highest BCUT2D eigenvalue weighted by atomic mass is 19.4. The lowest BCUT2D eigenvalue weighted by Gasteiger charge is -2.11. The van der Waals surface area contributed by atoms with E-state index in [2.05, 4.69) is 10.3 Å². The summed E-state index contributed by atoms with van der Waals surface area (Å²) in [6.45, 7) is 0.155. The molecule has 0 spiro atoms. The fourth-order valence-corrected chi connectivity index (χ4v) is 3.35. The Balaban J connectivity index is 1.58. The van der Waals surface area contributed by atoms with Crippen LogP contribution in [-0.2, 0) is 12.7 Å². The second kappa shape index (κ2) is 8.18. The van der Waals surface area contributed by atoms with Gasteiger partial charge in [0.15, 0.2) is 0 Å². The molecule has 4 aromatic rings. The van der Waals surface area contributed by atoms with E-state index in [1.165, 1.54) is 24.4 Å². The van der Waals surface area contributed by atoms with Gasteiger partial charge in [0, 0.05) is 18.3 Å². The highest BCUT2D eigenvalue weighted by Gasteiger charge is 2.30. The first-order valence-electron chi connectivity index (χ1n) is 9.40. The molecule has 156 valence electrons. The predicted octanol–water partition coefficient (Wildman–Crippen LogP) is 5.99. The Labute approximate surface area is 175 Å². The van der Waals surface area contributed by atoms with Crippen LogP contribution in [0.5, 0.6) is 0 Å². The Morgan fingerprint density at radius 3 is 2.42 bits per heavy atom. The summed E-state index contributed by atoms with van der Waals surface area (Å²) >= 11 is 0. The van der Waals surface area contributed by atoms with Crippen molar-refractivity contribution >= 4 is 16.7 Å². The van der Waals surface area contributed by atoms with Gasteiger partial charge >= 0.3 is 6.18 Å². The smallest absolute Gasteiger partial charge is 0.348 e. The summed E-state index contributed by atoms with van der Waals surface area (Å²) in [6, 6.07) is 18.4. The summed E-state index contributed by atoms with van der Waals surface area (Å²) in [5, 5.41) is 4.33. The summed E-state index contributed by atoms with van der Waals surface area (Å²) in [6.07, 6.45) is -3.06. The number of hydrogen-bond donors (Lipinski definition) is 1. The third-order valence-corrected chi connectivity index (χ3v) is 4.91. The van der Waals surface area contributed by atoms with Crippen molar-refractivity contribution in [1.82, 2.24) is 10.3 Å². The Bertz CT molecular complexity index is 1250. The summed E-state index contributed by atoms with van der Waals surface area (Å²) in [5.74, 6) is -0.938. The molecule has 3 aromatic carbocycles. The molecule has 4 rings (SSSR count). The van der Waals surface area contributed by atoms with Gasteiger partial charge in [0.25, 0.3) is 5.91 Å². The van der Waals surface area contributed by atoms with Crippen molar-refractivity contribution in [1.29, 1.82) is 0 Å². The summed E-state index contributed by atoms with van der Waals surface area (Å²) < 4.78 is 51.6. The van der Waals surface area contributed by atoms with E-state index in [-0.39, 0.29) is 12.5 Å². The van der Waals surface area contributed by atoms with E-state index in [0.717, 1.165) is 28.5 Å². The van der Waals surface area contributed by atoms with E-state index in [1.54, 1.807) is 30.3 Å². The Kier molecular flexibility index (Phi) is 5.42. The van der Waals surface area contributed by atoms with Crippen LogP contribution in [0.4, 0.5) is 17.6 Å². The molecule has 1 amide bonds. The molecule has 3 nitrogen and oxygen atoms in total. The maximum atomic E-state index is 13.2. The van der Waals surface area contributed by atoms with Gasteiger partial charge in [-0.05, 0) is 63.9 Å². The second-order valence-electron chi connectivity index (χ2n) is 6.99. The molecule has 0 saturated carbocycles. The van der Waals surface area contributed by atoms with Crippen molar-refractivity contribution in [2.45, 2.75) is 12.7 Å². The molecule has 0 radical (unpaired) electrons. The van der Waals surface area contributed by atoms with Crippen molar-refractivity contribution in [3.8, 4) is 11.1 Å². The number of amides is 1. The minimum Gasteiger partial charge on any atom is -0.348 e. The summed E-state index contributed by atoms with van der Waals surface area (Å²) in [7, 11) is 0. The topological polar surface area (TPSA) is 42.0 Å². The van der Waals surface area contributed by atoms with E-state index >= 15 is 0 Å². The maximum absolute atomic E-state index is 13.2. The normalized spacial score (nSPS) is 11.5. The zero-order valence-corrected chi connectivity index (χ0v) is 16.1. The first kappa shape index (κ1) is 20.5. The summed E-state index contributed by atoms with van der Waals surface area (Å²) in [4.78, 5) is 16.0. The molecule has 0 unspecified atom stereocenters. The zero-order chi connectivity index (χ0) is 22.0. The van der Waals surface area contributed by atoms with Gasteiger partial charge in [0.1, 0.15) is 0 Å². The summed E-state index contributed by atoms with van der Waals surface area (Å²) in [5.41, 5.74) is 1.73. The molecule has 0 atom stereocenters. The van der Waals surface area contributed by atoms with Gasteiger partial charge < -0.3 is 5.32 Å². The first-order valence-corrected chi connectivity index (χ1v) is 9.40. The van der Waals surface area contributed by atoms with Crippen LogP contribution in [0, 0.1) is 5.95 Å². The van der Waals surface area contributed by atoms with Gasteiger partial charge in [-0.3, -0.25) is 4.79 Å². The van der Waals surface area contributed by atoms with E-state index in [4.69, 9.17) is 0 Å². The molecule has 0 aliphatic heterocycles. The number of alkyl halides is 3. The highest BCUT2D eigenvalue weighted by molar-refractivity contribution is 6.02.